The van der Waals surface area contributed by atoms with Crippen molar-refractivity contribution in [2.24, 2.45) is 0 Å². The number of aromatic nitrogens is 1. The first-order valence-corrected chi connectivity index (χ1v) is 6.01. The molecular weight excluding hydrogens is 266 g/mol. The SMILES string of the molecule is Cc1cc(=O)c2cc(C#CCBr)ccc2[nH]1. The van der Waals surface area contributed by atoms with Gasteiger partial charge in [0, 0.05) is 28.2 Å². The summed E-state index contributed by atoms with van der Waals surface area (Å²) in [6.45, 7) is 1.87. The summed E-state index contributed by atoms with van der Waals surface area (Å²) in [5.74, 6) is 5.89. The Bertz CT molecular complexity index is 646. The van der Waals surface area contributed by atoms with Crippen molar-refractivity contribution in [1.29, 1.82) is 0 Å². The molecule has 16 heavy (non-hydrogen) atoms. The van der Waals surface area contributed by atoms with Crippen LogP contribution >= 0.6 is 15.9 Å². The summed E-state index contributed by atoms with van der Waals surface area (Å²) in [7, 11) is 0. The molecule has 0 unspecified atom stereocenters. The van der Waals surface area contributed by atoms with Gasteiger partial charge in [-0.05, 0) is 25.1 Å². The van der Waals surface area contributed by atoms with E-state index in [1.54, 1.807) is 6.07 Å². The van der Waals surface area contributed by atoms with Crippen molar-refractivity contribution in [3.63, 3.8) is 0 Å². The third-order valence-corrected chi connectivity index (χ3v) is 2.54. The van der Waals surface area contributed by atoms with Crippen LogP contribution in [-0.4, -0.2) is 10.3 Å². The van der Waals surface area contributed by atoms with Crippen LogP contribution in [0.4, 0.5) is 0 Å². The topological polar surface area (TPSA) is 32.9 Å². The van der Waals surface area contributed by atoms with Gasteiger partial charge in [-0.1, -0.05) is 27.8 Å². The molecule has 0 fully saturated rings. The first-order chi connectivity index (χ1) is 7.70. The third kappa shape index (κ3) is 2.17. The number of pyridine rings is 1. The summed E-state index contributed by atoms with van der Waals surface area (Å²) in [6.07, 6.45) is 0. The zero-order valence-corrected chi connectivity index (χ0v) is 10.4. The Balaban J connectivity index is 2.67. The second-order valence-electron chi connectivity index (χ2n) is 3.51. The number of H-pyrrole nitrogens is 1. The summed E-state index contributed by atoms with van der Waals surface area (Å²) in [6, 6.07) is 7.22. The number of hydrogen-bond donors (Lipinski definition) is 1. The first-order valence-electron chi connectivity index (χ1n) is 4.89. The van der Waals surface area contributed by atoms with Gasteiger partial charge in [0.25, 0.3) is 0 Å². The van der Waals surface area contributed by atoms with Gasteiger partial charge in [0.2, 0.25) is 0 Å². The van der Waals surface area contributed by atoms with E-state index in [1.165, 1.54) is 0 Å². The van der Waals surface area contributed by atoms with E-state index in [0.29, 0.717) is 10.7 Å². The van der Waals surface area contributed by atoms with Gasteiger partial charge >= 0.3 is 0 Å². The van der Waals surface area contributed by atoms with E-state index in [4.69, 9.17) is 0 Å². The van der Waals surface area contributed by atoms with Crippen LogP contribution in [-0.2, 0) is 0 Å². The molecule has 2 rings (SSSR count). The molecule has 0 saturated carbocycles. The van der Waals surface area contributed by atoms with Crippen LogP contribution in [0, 0.1) is 18.8 Å². The molecule has 0 saturated heterocycles. The fraction of sp³-hybridized carbons (Fsp3) is 0.154. The monoisotopic (exact) mass is 275 g/mol. The van der Waals surface area contributed by atoms with E-state index < -0.39 is 0 Å². The number of halogens is 1. The van der Waals surface area contributed by atoms with Crippen LogP contribution < -0.4 is 5.43 Å². The number of rotatable bonds is 0. The van der Waals surface area contributed by atoms with E-state index in [2.05, 4.69) is 32.8 Å². The molecule has 1 aromatic carbocycles. The summed E-state index contributed by atoms with van der Waals surface area (Å²) < 4.78 is 0. The number of benzene rings is 1. The molecule has 80 valence electrons. The fourth-order valence-corrected chi connectivity index (χ4v) is 1.73. The standard InChI is InChI=1S/C13H10BrNO/c1-9-7-13(16)11-8-10(3-2-6-14)4-5-12(11)15-9/h4-5,7-8H,6H2,1H3,(H,15,16). The summed E-state index contributed by atoms with van der Waals surface area (Å²) >= 11 is 3.24. The number of hydrogen-bond acceptors (Lipinski definition) is 1. The quantitative estimate of drug-likeness (QED) is 0.582. The minimum absolute atomic E-state index is 0.0359. The first kappa shape index (κ1) is 11.0. The highest BCUT2D eigenvalue weighted by atomic mass is 79.9. The maximum absolute atomic E-state index is 11.7. The Hall–Kier alpha value is -1.53. The molecule has 0 radical (unpaired) electrons. The van der Waals surface area contributed by atoms with Gasteiger partial charge in [0.05, 0.1) is 5.33 Å². The number of alkyl halides is 1. The van der Waals surface area contributed by atoms with Crippen molar-refractivity contribution in [2.45, 2.75) is 6.92 Å². The van der Waals surface area contributed by atoms with E-state index in [9.17, 15) is 4.79 Å². The lowest BCUT2D eigenvalue weighted by Crippen LogP contribution is -2.02. The Morgan fingerprint density at radius 3 is 2.94 bits per heavy atom. The molecule has 2 aromatic rings. The number of aryl methyl sites for hydroxylation is 1. The largest absolute Gasteiger partial charge is 0.358 e. The average molecular weight is 276 g/mol. The number of aromatic amines is 1. The molecule has 0 bridgehead atoms. The van der Waals surface area contributed by atoms with Gasteiger partial charge in [-0.25, -0.2) is 0 Å². The van der Waals surface area contributed by atoms with Crippen molar-refractivity contribution in [1.82, 2.24) is 4.98 Å². The zero-order valence-electron chi connectivity index (χ0n) is 8.80. The van der Waals surface area contributed by atoms with Crippen molar-refractivity contribution in [3.8, 4) is 11.8 Å². The third-order valence-electron chi connectivity index (χ3n) is 2.26. The van der Waals surface area contributed by atoms with Gasteiger partial charge in [0.1, 0.15) is 0 Å². The Morgan fingerprint density at radius 2 is 2.19 bits per heavy atom. The highest BCUT2D eigenvalue weighted by molar-refractivity contribution is 9.09. The van der Waals surface area contributed by atoms with Gasteiger partial charge in [-0.3, -0.25) is 4.79 Å². The normalized spacial score (nSPS) is 9.88. The van der Waals surface area contributed by atoms with Crippen LogP contribution in [0.25, 0.3) is 10.9 Å². The predicted octanol–water partition coefficient (Wildman–Crippen LogP) is 2.58. The fourth-order valence-electron chi connectivity index (χ4n) is 1.59. The molecule has 0 spiro atoms. The zero-order chi connectivity index (χ0) is 11.5. The van der Waals surface area contributed by atoms with E-state index >= 15 is 0 Å². The number of nitrogens with one attached hydrogen (secondary N) is 1. The number of fused-ring (bicyclic) bond motifs is 1. The molecule has 1 aromatic heterocycles. The molecule has 1 N–H and O–H groups in total. The minimum Gasteiger partial charge on any atom is -0.358 e. The lowest BCUT2D eigenvalue weighted by molar-refractivity contribution is 1.24. The lowest BCUT2D eigenvalue weighted by Gasteiger charge is -2.00. The maximum atomic E-state index is 11.7. The second-order valence-corrected chi connectivity index (χ2v) is 4.07. The molecular formula is C13H10BrNO. The van der Waals surface area contributed by atoms with Crippen LogP contribution in [0.1, 0.15) is 11.3 Å². The molecule has 0 aliphatic rings. The van der Waals surface area contributed by atoms with Crippen LogP contribution in [0.3, 0.4) is 0 Å². The van der Waals surface area contributed by atoms with Gasteiger partial charge < -0.3 is 4.98 Å². The average Bonchev–Trinajstić information content (AvgIpc) is 2.26. The molecule has 1 heterocycles. The van der Waals surface area contributed by atoms with Crippen molar-refractivity contribution >= 4 is 26.8 Å². The summed E-state index contributed by atoms with van der Waals surface area (Å²) in [5, 5.41) is 1.32. The Kier molecular flexibility index (Phi) is 3.12. The minimum atomic E-state index is 0.0359. The van der Waals surface area contributed by atoms with E-state index in [-0.39, 0.29) is 5.43 Å². The molecule has 3 heteroatoms. The highest BCUT2D eigenvalue weighted by Crippen LogP contribution is 2.10. The molecule has 0 atom stereocenters. The summed E-state index contributed by atoms with van der Waals surface area (Å²) in [5.41, 5.74) is 2.63. The Labute approximate surface area is 102 Å². The van der Waals surface area contributed by atoms with E-state index in [0.717, 1.165) is 16.8 Å². The second kappa shape index (κ2) is 4.54. The van der Waals surface area contributed by atoms with Crippen LogP contribution in [0.5, 0.6) is 0 Å². The predicted molar refractivity (Wildman–Crippen MR) is 70.0 cm³/mol. The molecule has 0 amide bonds. The lowest BCUT2D eigenvalue weighted by atomic mass is 10.1. The molecule has 2 nitrogen and oxygen atoms in total. The van der Waals surface area contributed by atoms with Crippen molar-refractivity contribution < 1.29 is 0 Å². The highest BCUT2D eigenvalue weighted by Gasteiger charge is 2.00. The molecule has 0 aliphatic heterocycles. The van der Waals surface area contributed by atoms with Gasteiger partial charge in [0.15, 0.2) is 5.43 Å². The van der Waals surface area contributed by atoms with Crippen LogP contribution in [0.15, 0.2) is 29.1 Å². The maximum Gasteiger partial charge on any atom is 0.189 e. The van der Waals surface area contributed by atoms with Crippen molar-refractivity contribution in [3.05, 3.63) is 45.7 Å². The smallest absolute Gasteiger partial charge is 0.189 e. The summed E-state index contributed by atoms with van der Waals surface area (Å²) in [4.78, 5) is 14.9. The molecule has 0 aliphatic carbocycles. The Morgan fingerprint density at radius 1 is 1.38 bits per heavy atom. The van der Waals surface area contributed by atoms with Crippen LogP contribution in [0.2, 0.25) is 0 Å². The van der Waals surface area contributed by atoms with Gasteiger partial charge in [-0.2, -0.15) is 0 Å². The van der Waals surface area contributed by atoms with Crippen molar-refractivity contribution in [2.75, 3.05) is 5.33 Å². The van der Waals surface area contributed by atoms with Gasteiger partial charge in [-0.15, -0.1) is 0 Å². The van der Waals surface area contributed by atoms with E-state index in [1.807, 2.05) is 25.1 Å².